The Morgan fingerprint density at radius 3 is 2.32 bits per heavy atom. The van der Waals surface area contributed by atoms with Crippen LogP contribution in [-0.4, -0.2) is 19.6 Å². The number of amides is 1. The first-order valence-corrected chi connectivity index (χ1v) is 7.27. The molecule has 0 aliphatic rings. The van der Waals surface area contributed by atoms with Crippen LogP contribution in [0.1, 0.15) is 11.1 Å². The molecule has 5 heteroatoms. The summed E-state index contributed by atoms with van der Waals surface area (Å²) in [6, 6.07) is 14.8. The first kappa shape index (κ1) is 16.3. The van der Waals surface area contributed by atoms with Crippen LogP contribution in [0.25, 0.3) is 0 Å². The molecule has 0 radical (unpaired) electrons. The lowest BCUT2D eigenvalue weighted by Crippen LogP contribution is -2.28. The molecule has 116 valence electrons. The van der Waals surface area contributed by atoms with E-state index in [1.165, 1.54) is 0 Å². The molecule has 1 amide bonds. The Morgan fingerprint density at radius 2 is 1.68 bits per heavy atom. The standard InChI is InChI=1S/C17H18ClNO3/c1-21-11-14-4-2-13(3-5-14)10-19-17(20)12-22-16-8-6-15(18)7-9-16/h2-9H,10-12H2,1H3,(H,19,20). The van der Waals surface area contributed by atoms with Gasteiger partial charge >= 0.3 is 0 Å². The fourth-order valence-corrected chi connectivity index (χ4v) is 1.98. The van der Waals surface area contributed by atoms with Crippen molar-refractivity contribution in [2.45, 2.75) is 13.2 Å². The lowest BCUT2D eigenvalue weighted by molar-refractivity contribution is -0.123. The number of hydrogen-bond donors (Lipinski definition) is 1. The summed E-state index contributed by atoms with van der Waals surface area (Å²) in [6.45, 7) is 1.03. The van der Waals surface area contributed by atoms with E-state index in [4.69, 9.17) is 21.1 Å². The topological polar surface area (TPSA) is 47.6 Å². The second-order valence-corrected chi connectivity index (χ2v) is 5.21. The molecule has 4 nitrogen and oxygen atoms in total. The SMILES string of the molecule is COCc1ccc(CNC(=O)COc2ccc(Cl)cc2)cc1. The van der Waals surface area contributed by atoms with Crippen molar-refractivity contribution in [3.8, 4) is 5.75 Å². The second kappa shape index (κ2) is 8.41. The van der Waals surface area contributed by atoms with Crippen LogP contribution in [0.3, 0.4) is 0 Å². The fraction of sp³-hybridized carbons (Fsp3) is 0.235. The molecule has 0 spiro atoms. The summed E-state index contributed by atoms with van der Waals surface area (Å²) >= 11 is 5.78. The number of hydrogen-bond acceptors (Lipinski definition) is 3. The highest BCUT2D eigenvalue weighted by Gasteiger charge is 2.03. The summed E-state index contributed by atoms with van der Waals surface area (Å²) in [6.07, 6.45) is 0. The van der Waals surface area contributed by atoms with Gasteiger partial charge < -0.3 is 14.8 Å². The molecular weight excluding hydrogens is 302 g/mol. The van der Waals surface area contributed by atoms with E-state index >= 15 is 0 Å². The molecule has 0 atom stereocenters. The van der Waals surface area contributed by atoms with Gasteiger partial charge in [-0.15, -0.1) is 0 Å². The van der Waals surface area contributed by atoms with Gasteiger partial charge in [0.2, 0.25) is 0 Å². The molecular formula is C17H18ClNO3. The van der Waals surface area contributed by atoms with E-state index in [0.717, 1.165) is 11.1 Å². The average Bonchev–Trinajstić information content (AvgIpc) is 2.54. The summed E-state index contributed by atoms with van der Waals surface area (Å²) in [5, 5.41) is 3.44. The molecule has 0 aliphatic carbocycles. The quantitative estimate of drug-likeness (QED) is 0.852. The summed E-state index contributed by atoms with van der Waals surface area (Å²) < 4.78 is 10.4. The molecule has 22 heavy (non-hydrogen) atoms. The molecule has 2 aromatic rings. The van der Waals surface area contributed by atoms with E-state index in [0.29, 0.717) is 23.9 Å². The van der Waals surface area contributed by atoms with Crippen molar-refractivity contribution in [3.05, 3.63) is 64.7 Å². The van der Waals surface area contributed by atoms with Gasteiger partial charge in [-0.1, -0.05) is 35.9 Å². The monoisotopic (exact) mass is 319 g/mol. The van der Waals surface area contributed by atoms with Crippen molar-refractivity contribution in [1.82, 2.24) is 5.32 Å². The molecule has 2 rings (SSSR count). The lowest BCUT2D eigenvalue weighted by Gasteiger charge is -2.08. The van der Waals surface area contributed by atoms with Crippen LogP contribution in [-0.2, 0) is 22.7 Å². The van der Waals surface area contributed by atoms with Gasteiger partial charge in [-0.05, 0) is 35.4 Å². The van der Waals surface area contributed by atoms with Crippen molar-refractivity contribution in [1.29, 1.82) is 0 Å². The highest BCUT2D eigenvalue weighted by Crippen LogP contribution is 2.15. The normalized spacial score (nSPS) is 10.3. The number of benzene rings is 2. The minimum Gasteiger partial charge on any atom is -0.484 e. The van der Waals surface area contributed by atoms with E-state index in [9.17, 15) is 4.79 Å². The number of nitrogens with one attached hydrogen (secondary N) is 1. The van der Waals surface area contributed by atoms with Gasteiger partial charge in [0.15, 0.2) is 6.61 Å². The molecule has 0 heterocycles. The van der Waals surface area contributed by atoms with E-state index in [1.54, 1.807) is 31.4 Å². The fourth-order valence-electron chi connectivity index (χ4n) is 1.85. The first-order valence-electron chi connectivity index (χ1n) is 6.89. The summed E-state index contributed by atoms with van der Waals surface area (Å²) in [7, 11) is 1.66. The zero-order chi connectivity index (χ0) is 15.8. The zero-order valence-electron chi connectivity index (χ0n) is 12.3. The molecule has 0 fully saturated rings. The number of rotatable bonds is 7. The van der Waals surface area contributed by atoms with Gasteiger partial charge in [-0.3, -0.25) is 4.79 Å². The lowest BCUT2D eigenvalue weighted by atomic mass is 10.1. The van der Waals surface area contributed by atoms with Gasteiger partial charge in [0.25, 0.3) is 5.91 Å². The van der Waals surface area contributed by atoms with Crippen LogP contribution < -0.4 is 10.1 Å². The van der Waals surface area contributed by atoms with Crippen molar-refractivity contribution >= 4 is 17.5 Å². The van der Waals surface area contributed by atoms with E-state index in [-0.39, 0.29) is 12.5 Å². The smallest absolute Gasteiger partial charge is 0.258 e. The van der Waals surface area contributed by atoms with Crippen LogP contribution >= 0.6 is 11.6 Å². The Labute approximate surface area is 135 Å². The van der Waals surface area contributed by atoms with Gasteiger partial charge in [0, 0.05) is 18.7 Å². The highest BCUT2D eigenvalue weighted by atomic mass is 35.5. The highest BCUT2D eigenvalue weighted by molar-refractivity contribution is 6.30. The number of halogens is 1. The van der Waals surface area contributed by atoms with Gasteiger partial charge in [-0.25, -0.2) is 0 Å². The Morgan fingerprint density at radius 1 is 1.05 bits per heavy atom. The molecule has 0 bridgehead atoms. The van der Waals surface area contributed by atoms with E-state index in [2.05, 4.69) is 5.32 Å². The number of methoxy groups -OCH3 is 1. The molecule has 0 saturated heterocycles. The molecule has 1 N–H and O–H groups in total. The Balaban J connectivity index is 1.74. The average molecular weight is 320 g/mol. The van der Waals surface area contributed by atoms with Gasteiger partial charge in [0.05, 0.1) is 6.61 Å². The van der Waals surface area contributed by atoms with Gasteiger partial charge in [0.1, 0.15) is 5.75 Å². The predicted octanol–water partition coefficient (Wildman–Crippen LogP) is 3.18. The molecule has 2 aromatic carbocycles. The third-order valence-corrected chi connectivity index (χ3v) is 3.26. The van der Waals surface area contributed by atoms with Gasteiger partial charge in [-0.2, -0.15) is 0 Å². The van der Waals surface area contributed by atoms with Crippen molar-refractivity contribution < 1.29 is 14.3 Å². The van der Waals surface area contributed by atoms with Crippen LogP contribution in [0.15, 0.2) is 48.5 Å². The zero-order valence-corrected chi connectivity index (χ0v) is 13.1. The largest absolute Gasteiger partial charge is 0.484 e. The number of carbonyl (C=O) groups is 1. The molecule has 0 aliphatic heterocycles. The Kier molecular flexibility index (Phi) is 6.25. The second-order valence-electron chi connectivity index (χ2n) is 4.77. The first-order chi connectivity index (χ1) is 10.7. The molecule has 0 unspecified atom stereocenters. The molecule has 0 aromatic heterocycles. The van der Waals surface area contributed by atoms with E-state index < -0.39 is 0 Å². The van der Waals surface area contributed by atoms with Crippen molar-refractivity contribution in [3.63, 3.8) is 0 Å². The summed E-state index contributed by atoms with van der Waals surface area (Å²) in [4.78, 5) is 11.7. The summed E-state index contributed by atoms with van der Waals surface area (Å²) in [5.41, 5.74) is 2.13. The maximum Gasteiger partial charge on any atom is 0.258 e. The maximum absolute atomic E-state index is 11.7. The Hall–Kier alpha value is -2.04. The van der Waals surface area contributed by atoms with Crippen LogP contribution in [0.5, 0.6) is 5.75 Å². The van der Waals surface area contributed by atoms with Crippen LogP contribution in [0, 0.1) is 0 Å². The van der Waals surface area contributed by atoms with Crippen molar-refractivity contribution in [2.75, 3.05) is 13.7 Å². The third kappa shape index (κ3) is 5.39. The third-order valence-electron chi connectivity index (χ3n) is 3.01. The molecule has 0 saturated carbocycles. The van der Waals surface area contributed by atoms with Crippen molar-refractivity contribution in [2.24, 2.45) is 0 Å². The minimum absolute atomic E-state index is 0.0244. The summed E-state index contributed by atoms with van der Waals surface area (Å²) in [5.74, 6) is 0.444. The predicted molar refractivity (Wildman–Crippen MR) is 85.9 cm³/mol. The number of ether oxygens (including phenoxy) is 2. The minimum atomic E-state index is -0.170. The van der Waals surface area contributed by atoms with Crippen LogP contribution in [0.2, 0.25) is 5.02 Å². The number of carbonyl (C=O) groups excluding carboxylic acids is 1. The maximum atomic E-state index is 11.7. The van der Waals surface area contributed by atoms with E-state index in [1.807, 2.05) is 24.3 Å². The van der Waals surface area contributed by atoms with Crippen LogP contribution in [0.4, 0.5) is 0 Å². The Bertz CT molecular complexity index is 596.